The highest BCUT2D eigenvalue weighted by Gasteiger charge is 2.17. The molecule has 0 saturated carbocycles. The summed E-state index contributed by atoms with van der Waals surface area (Å²) in [5.41, 5.74) is 7.35. The number of benzene rings is 1. The van der Waals surface area contributed by atoms with Gasteiger partial charge in [-0.1, -0.05) is 25.0 Å². The molecule has 0 fully saturated rings. The van der Waals surface area contributed by atoms with E-state index in [4.69, 9.17) is 0 Å². The number of carbonyl (C=O) groups is 2. The average Bonchev–Trinajstić information content (AvgIpc) is 3.11. The number of thiophene rings is 1. The molecule has 2 amide bonds. The third-order valence-electron chi connectivity index (χ3n) is 5.41. The van der Waals surface area contributed by atoms with Gasteiger partial charge in [0.1, 0.15) is 6.54 Å². The summed E-state index contributed by atoms with van der Waals surface area (Å²) in [5, 5.41) is 0.463. The van der Waals surface area contributed by atoms with Crippen LogP contribution in [-0.2, 0) is 24.2 Å². The van der Waals surface area contributed by atoms with Crippen LogP contribution in [0, 0.1) is 6.92 Å². The molecule has 8 heteroatoms. The van der Waals surface area contributed by atoms with Crippen molar-refractivity contribution in [2.24, 2.45) is 0 Å². The van der Waals surface area contributed by atoms with Crippen molar-refractivity contribution in [3.05, 3.63) is 61.8 Å². The average molecular weight is 425 g/mol. The number of hydrazine groups is 1. The Labute approximate surface area is 178 Å². The number of amides is 2. The first-order valence-electron chi connectivity index (χ1n) is 10.2. The van der Waals surface area contributed by atoms with Gasteiger partial charge in [0.05, 0.1) is 22.1 Å². The second-order valence-electron chi connectivity index (χ2n) is 7.62. The SMILES string of the molecule is Cc1cccc2c(=O)n(CC(=O)NNC(=O)c3cc4c(s3)CCCCCC4)cnc12. The molecule has 1 aliphatic rings. The zero-order valence-corrected chi connectivity index (χ0v) is 17.7. The Balaban J connectivity index is 1.40. The molecule has 156 valence electrons. The lowest BCUT2D eigenvalue weighted by Crippen LogP contribution is -2.44. The van der Waals surface area contributed by atoms with Crippen molar-refractivity contribution < 1.29 is 9.59 Å². The number of carbonyl (C=O) groups excluding carboxylic acids is 2. The Hall–Kier alpha value is -3.00. The summed E-state index contributed by atoms with van der Waals surface area (Å²) in [6.45, 7) is 1.66. The lowest BCUT2D eigenvalue weighted by molar-refractivity contribution is -0.122. The minimum Gasteiger partial charge on any atom is -0.289 e. The number of nitrogens with zero attached hydrogens (tertiary/aromatic N) is 2. The molecule has 30 heavy (non-hydrogen) atoms. The van der Waals surface area contributed by atoms with E-state index in [0.29, 0.717) is 15.8 Å². The molecule has 7 nitrogen and oxygen atoms in total. The number of rotatable bonds is 3. The molecule has 0 spiro atoms. The Morgan fingerprint density at radius 1 is 1.13 bits per heavy atom. The maximum absolute atomic E-state index is 12.6. The summed E-state index contributed by atoms with van der Waals surface area (Å²) in [6.07, 6.45) is 8.14. The Bertz CT molecular complexity index is 1140. The smallest absolute Gasteiger partial charge is 0.279 e. The van der Waals surface area contributed by atoms with Gasteiger partial charge < -0.3 is 0 Å². The normalized spacial score (nSPS) is 13.9. The number of aromatic nitrogens is 2. The van der Waals surface area contributed by atoms with Gasteiger partial charge in [0.2, 0.25) is 0 Å². The van der Waals surface area contributed by atoms with Gasteiger partial charge >= 0.3 is 0 Å². The van der Waals surface area contributed by atoms with Gasteiger partial charge in [-0.15, -0.1) is 11.3 Å². The van der Waals surface area contributed by atoms with Crippen LogP contribution in [0.3, 0.4) is 0 Å². The molecular formula is C22H24N4O3S. The number of hydrogen-bond donors (Lipinski definition) is 2. The maximum atomic E-state index is 12.6. The van der Waals surface area contributed by atoms with E-state index in [9.17, 15) is 14.4 Å². The number of fused-ring (bicyclic) bond motifs is 2. The highest BCUT2D eigenvalue weighted by molar-refractivity contribution is 7.14. The van der Waals surface area contributed by atoms with Crippen molar-refractivity contribution in [3.63, 3.8) is 0 Å². The molecule has 4 rings (SSSR count). The molecule has 0 saturated heterocycles. The van der Waals surface area contributed by atoms with E-state index < -0.39 is 5.91 Å². The second-order valence-corrected chi connectivity index (χ2v) is 8.76. The van der Waals surface area contributed by atoms with Crippen LogP contribution >= 0.6 is 11.3 Å². The van der Waals surface area contributed by atoms with Crippen molar-refractivity contribution >= 4 is 34.1 Å². The first-order valence-corrected chi connectivity index (χ1v) is 11.0. The van der Waals surface area contributed by atoms with Crippen molar-refractivity contribution in [2.75, 3.05) is 0 Å². The van der Waals surface area contributed by atoms with Gasteiger partial charge in [-0.3, -0.25) is 29.8 Å². The minimum atomic E-state index is -0.492. The van der Waals surface area contributed by atoms with Crippen LogP contribution in [0.5, 0.6) is 0 Å². The zero-order chi connectivity index (χ0) is 21.1. The Kier molecular flexibility index (Phi) is 5.94. The van der Waals surface area contributed by atoms with E-state index in [1.165, 1.54) is 45.5 Å². The van der Waals surface area contributed by atoms with Gasteiger partial charge in [0, 0.05) is 4.88 Å². The van der Waals surface area contributed by atoms with Gasteiger partial charge in [-0.2, -0.15) is 0 Å². The third kappa shape index (κ3) is 4.28. The van der Waals surface area contributed by atoms with Crippen molar-refractivity contribution in [1.29, 1.82) is 0 Å². The lowest BCUT2D eigenvalue weighted by atomic mass is 10.00. The minimum absolute atomic E-state index is 0.225. The number of para-hydroxylation sites is 1. The number of hydrogen-bond acceptors (Lipinski definition) is 5. The molecule has 0 atom stereocenters. The highest BCUT2D eigenvalue weighted by Crippen LogP contribution is 2.28. The summed E-state index contributed by atoms with van der Waals surface area (Å²) in [5.74, 6) is -0.825. The molecule has 1 aliphatic carbocycles. The molecule has 1 aromatic carbocycles. The second kappa shape index (κ2) is 8.79. The summed E-state index contributed by atoms with van der Waals surface area (Å²) >= 11 is 1.50. The van der Waals surface area contributed by atoms with E-state index in [1.54, 1.807) is 12.1 Å². The van der Waals surface area contributed by atoms with Crippen LogP contribution in [0.1, 0.15) is 51.4 Å². The molecule has 3 aromatic rings. The zero-order valence-electron chi connectivity index (χ0n) is 16.9. The van der Waals surface area contributed by atoms with Crippen LogP contribution in [0.25, 0.3) is 10.9 Å². The van der Waals surface area contributed by atoms with E-state index in [1.807, 2.05) is 19.1 Å². The number of nitrogens with one attached hydrogen (secondary N) is 2. The van der Waals surface area contributed by atoms with E-state index in [0.717, 1.165) is 31.2 Å². The summed E-state index contributed by atoms with van der Waals surface area (Å²) < 4.78 is 1.24. The molecule has 2 heterocycles. The fourth-order valence-corrected chi connectivity index (χ4v) is 4.94. The molecular weight excluding hydrogens is 400 g/mol. The Morgan fingerprint density at radius 3 is 2.77 bits per heavy atom. The Morgan fingerprint density at radius 2 is 1.93 bits per heavy atom. The molecule has 0 radical (unpaired) electrons. The van der Waals surface area contributed by atoms with Crippen LogP contribution in [0.4, 0.5) is 0 Å². The molecule has 2 aromatic heterocycles. The van der Waals surface area contributed by atoms with E-state index >= 15 is 0 Å². The van der Waals surface area contributed by atoms with E-state index in [2.05, 4.69) is 15.8 Å². The molecule has 0 aliphatic heterocycles. The first kappa shape index (κ1) is 20.3. The largest absolute Gasteiger partial charge is 0.289 e. The molecule has 0 bridgehead atoms. The summed E-state index contributed by atoms with van der Waals surface area (Å²) in [4.78, 5) is 43.5. The van der Waals surface area contributed by atoms with Crippen LogP contribution in [0.15, 0.2) is 35.4 Å². The van der Waals surface area contributed by atoms with Crippen molar-refractivity contribution in [2.45, 2.75) is 52.0 Å². The highest BCUT2D eigenvalue weighted by atomic mass is 32.1. The third-order valence-corrected chi connectivity index (χ3v) is 6.64. The molecule has 2 N–H and O–H groups in total. The summed E-state index contributed by atoms with van der Waals surface area (Å²) in [7, 11) is 0. The lowest BCUT2D eigenvalue weighted by Gasteiger charge is -2.09. The van der Waals surface area contributed by atoms with Gasteiger partial charge in [0.15, 0.2) is 0 Å². The van der Waals surface area contributed by atoms with Crippen LogP contribution < -0.4 is 16.4 Å². The van der Waals surface area contributed by atoms with Crippen LogP contribution in [-0.4, -0.2) is 21.4 Å². The quantitative estimate of drug-likeness (QED) is 0.633. The summed E-state index contributed by atoms with van der Waals surface area (Å²) in [6, 6.07) is 7.30. The van der Waals surface area contributed by atoms with Crippen LogP contribution in [0.2, 0.25) is 0 Å². The maximum Gasteiger partial charge on any atom is 0.279 e. The van der Waals surface area contributed by atoms with Gasteiger partial charge in [-0.25, -0.2) is 4.98 Å². The van der Waals surface area contributed by atoms with Crippen molar-refractivity contribution in [1.82, 2.24) is 20.4 Å². The topological polar surface area (TPSA) is 93.1 Å². The number of aryl methyl sites for hydroxylation is 3. The monoisotopic (exact) mass is 424 g/mol. The van der Waals surface area contributed by atoms with Gasteiger partial charge in [-0.05, 0) is 55.9 Å². The predicted octanol–water partition coefficient (Wildman–Crippen LogP) is 2.89. The fourth-order valence-electron chi connectivity index (χ4n) is 3.79. The van der Waals surface area contributed by atoms with Gasteiger partial charge in [0.25, 0.3) is 17.4 Å². The standard InChI is InChI=1S/C22H24N4O3S/c1-14-7-6-9-16-20(14)23-13-26(22(16)29)12-19(27)24-25-21(28)18-11-15-8-4-2-3-5-10-17(15)30-18/h6-7,9,11,13H,2-5,8,10,12H2,1H3,(H,24,27)(H,25,28). The van der Waals surface area contributed by atoms with E-state index in [-0.39, 0.29) is 18.0 Å². The predicted molar refractivity (Wildman–Crippen MR) is 117 cm³/mol. The van der Waals surface area contributed by atoms with Crippen molar-refractivity contribution in [3.8, 4) is 0 Å². The molecule has 0 unspecified atom stereocenters. The first-order chi connectivity index (χ1) is 14.5. The fraction of sp³-hybridized carbons (Fsp3) is 0.364.